The van der Waals surface area contributed by atoms with Gasteiger partial charge in [-0.3, -0.25) is 4.31 Å². The summed E-state index contributed by atoms with van der Waals surface area (Å²) in [5, 5.41) is 2.72. The lowest BCUT2D eigenvalue weighted by atomic mass is 10.00. The molecule has 0 fully saturated rings. The Morgan fingerprint density at radius 3 is 2.65 bits per heavy atom. The minimum atomic E-state index is -4.58. The molecule has 0 saturated heterocycles. The number of hydrogen-bond acceptors (Lipinski definition) is 5. The fourth-order valence-electron chi connectivity index (χ4n) is 2.16. The molecule has 11 heteroatoms. The molecule has 0 bridgehead atoms. The summed E-state index contributed by atoms with van der Waals surface area (Å²) in [7, 11) is -0.533. The molecule has 1 aromatic heterocycles. The zero-order valence-corrected chi connectivity index (χ0v) is 13.1. The minimum absolute atomic E-state index is 0.132. The quantitative estimate of drug-likeness (QED) is 0.803. The van der Waals surface area contributed by atoms with Gasteiger partial charge in [0, 0.05) is 7.05 Å². The number of pyridine rings is 1. The zero-order chi connectivity index (χ0) is 17.4. The molecule has 1 aliphatic rings. The molecule has 2 rings (SSSR count). The van der Waals surface area contributed by atoms with Crippen LogP contribution in [0.4, 0.5) is 23.4 Å². The van der Waals surface area contributed by atoms with Crippen LogP contribution in [0.25, 0.3) is 0 Å². The standard InChI is InChI=1S/C12H15F4N5OS/c1-11(9-7(13)3-4-8(18-2)19-9)6-23(22)21(10(17)20-11)5-12(14,15)16/h3-4H,5-6H2,1-2H3,(H2,17,20)(H,18,19)/t11-,23?/m0/s1. The van der Waals surface area contributed by atoms with E-state index < -0.39 is 41.0 Å². The maximum absolute atomic E-state index is 14.1. The molecule has 0 saturated carbocycles. The highest BCUT2D eigenvalue weighted by Gasteiger charge is 2.43. The molecule has 6 nitrogen and oxygen atoms in total. The Hall–Kier alpha value is -1.91. The van der Waals surface area contributed by atoms with E-state index in [1.165, 1.54) is 13.0 Å². The summed E-state index contributed by atoms with van der Waals surface area (Å²) in [5.41, 5.74) is 3.97. The maximum Gasteiger partial charge on any atom is 0.407 e. The number of rotatable bonds is 3. The van der Waals surface area contributed by atoms with Crippen LogP contribution in [0.3, 0.4) is 0 Å². The molecule has 0 spiro atoms. The number of nitrogens with two attached hydrogens (primary N) is 1. The largest absolute Gasteiger partial charge is 0.407 e. The van der Waals surface area contributed by atoms with Crippen molar-refractivity contribution in [3.05, 3.63) is 23.6 Å². The van der Waals surface area contributed by atoms with Crippen LogP contribution < -0.4 is 11.1 Å². The number of hydrogen-bond donors (Lipinski definition) is 2. The number of aromatic nitrogens is 1. The number of guanidine groups is 1. The lowest BCUT2D eigenvalue weighted by Gasteiger charge is -2.35. The van der Waals surface area contributed by atoms with E-state index in [2.05, 4.69) is 15.3 Å². The summed E-state index contributed by atoms with van der Waals surface area (Å²) in [4.78, 5) is 7.96. The first kappa shape index (κ1) is 17.4. The van der Waals surface area contributed by atoms with E-state index in [1.54, 1.807) is 7.05 Å². The number of aliphatic imine (C=N–C) groups is 1. The van der Waals surface area contributed by atoms with Gasteiger partial charge in [0.05, 0.1) is 5.75 Å². The molecule has 1 aromatic rings. The van der Waals surface area contributed by atoms with Crippen molar-refractivity contribution in [3.8, 4) is 0 Å². The average Bonchev–Trinajstić information content (AvgIpc) is 2.42. The van der Waals surface area contributed by atoms with Crippen molar-refractivity contribution in [1.82, 2.24) is 9.29 Å². The lowest BCUT2D eigenvalue weighted by Crippen LogP contribution is -2.52. The molecular formula is C12H15F4N5OS. The molecule has 1 aliphatic heterocycles. The molecule has 0 amide bonds. The number of anilines is 1. The Kier molecular flexibility index (Phi) is 4.51. The molecule has 0 aliphatic carbocycles. The second-order valence-corrected chi connectivity index (χ2v) is 6.51. The summed E-state index contributed by atoms with van der Waals surface area (Å²) >= 11 is 0. The highest BCUT2D eigenvalue weighted by molar-refractivity contribution is 7.83. The van der Waals surface area contributed by atoms with Crippen molar-refractivity contribution < 1.29 is 21.8 Å². The zero-order valence-electron chi connectivity index (χ0n) is 12.3. The van der Waals surface area contributed by atoms with Gasteiger partial charge in [-0.15, -0.1) is 0 Å². The van der Waals surface area contributed by atoms with Gasteiger partial charge >= 0.3 is 6.18 Å². The molecule has 0 radical (unpaired) electrons. The van der Waals surface area contributed by atoms with Crippen LogP contribution in [0, 0.1) is 5.82 Å². The first-order valence-electron chi connectivity index (χ1n) is 6.48. The summed E-state index contributed by atoms with van der Waals surface area (Å²) < 4.78 is 64.2. The molecule has 2 atom stereocenters. The second kappa shape index (κ2) is 5.95. The highest BCUT2D eigenvalue weighted by atomic mass is 32.2. The van der Waals surface area contributed by atoms with Crippen LogP contribution in [0.15, 0.2) is 17.1 Å². The van der Waals surface area contributed by atoms with E-state index in [-0.39, 0.29) is 11.4 Å². The van der Waals surface area contributed by atoms with Crippen LogP contribution in [-0.2, 0) is 16.5 Å². The monoisotopic (exact) mass is 353 g/mol. The Bertz CT molecular complexity index is 665. The van der Waals surface area contributed by atoms with Crippen LogP contribution in [0.5, 0.6) is 0 Å². The summed E-state index contributed by atoms with van der Waals surface area (Å²) in [6.45, 7) is -0.0645. The third kappa shape index (κ3) is 3.71. The van der Waals surface area contributed by atoms with Crippen molar-refractivity contribution >= 4 is 22.8 Å². The van der Waals surface area contributed by atoms with E-state index in [9.17, 15) is 21.8 Å². The van der Waals surface area contributed by atoms with Crippen molar-refractivity contribution in [2.24, 2.45) is 10.7 Å². The molecule has 3 N–H and O–H groups in total. The van der Waals surface area contributed by atoms with Crippen LogP contribution in [-0.4, -0.2) is 45.0 Å². The summed E-state index contributed by atoms with van der Waals surface area (Å²) in [6, 6.07) is 2.54. The Balaban J connectivity index is 2.43. The number of alkyl halides is 3. The van der Waals surface area contributed by atoms with Crippen molar-refractivity contribution in [2.75, 3.05) is 24.7 Å². The summed E-state index contributed by atoms with van der Waals surface area (Å²) in [5.74, 6) is -1.28. The number of halogens is 4. The van der Waals surface area contributed by atoms with Gasteiger partial charge in [0.15, 0.2) is 0 Å². The number of nitrogens with one attached hydrogen (secondary N) is 1. The van der Waals surface area contributed by atoms with E-state index in [0.29, 0.717) is 10.1 Å². The van der Waals surface area contributed by atoms with E-state index >= 15 is 0 Å². The topological polar surface area (TPSA) is 83.6 Å². The molecule has 128 valence electrons. The van der Waals surface area contributed by atoms with Crippen molar-refractivity contribution in [1.29, 1.82) is 0 Å². The van der Waals surface area contributed by atoms with Gasteiger partial charge in [-0.25, -0.2) is 18.6 Å². The smallest absolute Gasteiger partial charge is 0.373 e. The van der Waals surface area contributed by atoms with E-state index in [4.69, 9.17) is 5.73 Å². The molecule has 0 aromatic carbocycles. The predicted octanol–water partition coefficient (Wildman–Crippen LogP) is 1.33. The Morgan fingerprint density at radius 1 is 1.48 bits per heavy atom. The molecule has 1 unspecified atom stereocenters. The van der Waals surface area contributed by atoms with Gasteiger partial charge in [-0.05, 0) is 19.1 Å². The SMILES string of the molecule is CNc1ccc(F)c([C@]2(C)CS(=O)N(CC(F)(F)F)C(N)=N2)n1. The first-order chi connectivity index (χ1) is 10.6. The van der Waals surface area contributed by atoms with Crippen LogP contribution in [0.2, 0.25) is 0 Å². The van der Waals surface area contributed by atoms with Crippen LogP contribution >= 0.6 is 0 Å². The van der Waals surface area contributed by atoms with E-state index in [1.807, 2.05) is 0 Å². The highest BCUT2D eigenvalue weighted by Crippen LogP contribution is 2.33. The molecule has 2 heterocycles. The van der Waals surface area contributed by atoms with Gasteiger partial charge in [0.25, 0.3) is 0 Å². The van der Waals surface area contributed by atoms with Crippen molar-refractivity contribution in [2.45, 2.75) is 18.6 Å². The Labute approximate surface area is 132 Å². The van der Waals surface area contributed by atoms with Gasteiger partial charge in [0.2, 0.25) is 5.96 Å². The third-order valence-corrected chi connectivity index (χ3v) is 4.82. The van der Waals surface area contributed by atoms with E-state index in [0.717, 1.165) is 6.07 Å². The van der Waals surface area contributed by atoms with Crippen LogP contribution in [0.1, 0.15) is 12.6 Å². The van der Waals surface area contributed by atoms with Gasteiger partial charge < -0.3 is 11.1 Å². The molecule has 23 heavy (non-hydrogen) atoms. The van der Waals surface area contributed by atoms with Gasteiger partial charge in [0.1, 0.15) is 40.4 Å². The predicted molar refractivity (Wildman–Crippen MR) is 78.5 cm³/mol. The van der Waals surface area contributed by atoms with Crippen molar-refractivity contribution in [3.63, 3.8) is 0 Å². The number of nitrogens with zero attached hydrogens (tertiary/aromatic N) is 3. The summed E-state index contributed by atoms with van der Waals surface area (Å²) in [6.07, 6.45) is -4.58. The minimum Gasteiger partial charge on any atom is -0.373 e. The fourth-order valence-corrected chi connectivity index (χ4v) is 3.54. The average molecular weight is 353 g/mol. The first-order valence-corrected chi connectivity index (χ1v) is 7.76. The normalized spacial score (nSPS) is 25.2. The molecular weight excluding hydrogens is 338 g/mol. The Morgan fingerprint density at radius 2 is 2.13 bits per heavy atom. The van der Waals surface area contributed by atoms with Gasteiger partial charge in [-0.2, -0.15) is 13.2 Å². The van der Waals surface area contributed by atoms with Gasteiger partial charge in [-0.1, -0.05) is 0 Å². The maximum atomic E-state index is 14.1. The second-order valence-electron chi connectivity index (χ2n) is 5.14. The lowest BCUT2D eigenvalue weighted by molar-refractivity contribution is -0.130. The third-order valence-electron chi connectivity index (χ3n) is 3.20. The fraction of sp³-hybridized carbons (Fsp3) is 0.500.